The molecule has 0 aliphatic heterocycles. The van der Waals surface area contributed by atoms with Crippen molar-refractivity contribution in [1.82, 2.24) is 10.6 Å². The van der Waals surface area contributed by atoms with Gasteiger partial charge in [0.25, 0.3) is 0 Å². The second-order valence-corrected chi connectivity index (χ2v) is 13.0. The Balaban J connectivity index is 1.20. The van der Waals surface area contributed by atoms with Crippen LogP contribution in [-0.2, 0) is 32.2 Å². The second kappa shape index (κ2) is 14.7. The summed E-state index contributed by atoms with van der Waals surface area (Å²) in [6, 6.07) is 29.6. The molecule has 9 nitrogen and oxygen atoms in total. The van der Waals surface area contributed by atoms with Crippen molar-refractivity contribution in [2.45, 2.75) is 58.4 Å². The standard InChI is InChI=1S/C41H40N2O7/c1-5-47-39(45)36(43-38(44)34-23-32(34)28-13-7-6-8-14-28)31-16-9-10-17-35(31)49-25-27-21-30-18-19-48-37(30)33(22-27)29-15-11-12-26(20-29)24-42-40(46)50-41(2,3)4/h6-23,32,36H,5,24-25H2,1-4H3,(H,42,46)(H,43,44)/t32-,36?/m0/s1. The number of nitrogens with one attached hydrogen (secondary N) is 2. The maximum absolute atomic E-state index is 13.3. The molecule has 256 valence electrons. The summed E-state index contributed by atoms with van der Waals surface area (Å²) >= 11 is 0. The monoisotopic (exact) mass is 672 g/mol. The molecule has 9 heteroatoms. The van der Waals surface area contributed by atoms with Crippen LogP contribution in [-0.4, -0.2) is 30.2 Å². The van der Waals surface area contributed by atoms with Crippen LogP contribution in [0.15, 0.2) is 119 Å². The highest BCUT2D eigenvalue weighted by molar-refractivity contribution is 6.02. The van der Waals surface area contributed by atoms with Gasteiger partial charge in [-0.15, -0.1) is 0 Å². The molecule has 4 aromatic carbocycles. The Labute approximate surface area is 291 Å². The molecular weight excluding hydrogens is 632 g/mol. The van der Waals surface area contributed by atoms with Gasteiger partial charge >= 0.3 is 12.1 Å². The minimum absolute atomic E-state index is 0.0838. The number of carbonyl (C=O) groups is 3. The highest BCUT2D eigenvalue weighted by atomic mass is 16.6. The first kappa shape index (κ1) is 34.0. The predicted octanol–water partition coefficient (Wildman–Crippen LogP) is 8.15. The Morgan fingerprint density at radius 3 is 2.44 bits per heavy atom. The Kier molecular flexibility index (Phi) is 10.0. The van der Waals surface area contributed by atoms with E-state index in [4.69, 9.17) is 18.6 Å². The van der Waals surface area contributed by atoms with Gasteiger partial charge in [0.05, 0.1) is 12.9 Å². The molecule has 2 amide bonds. The Morgan fingerprint density at radius 1 is 0.880 bits per heavy atom. The first-order chi connectivity index (χ1) is 24.1. The minimum atomic E-state index is -1.07. The third kappa shape index (κ3) is 8.23. The summed E-state index contributed by atoms with van der Waals surface area (Å²) in [6.07, 6.45) is 3.04. The number of hydrogen-bond donors (Lipinski definition) is 2. The fraction of sp³-hybridized carbons (Fsp3) is 0.244. The van der Waals surface area contributed by atoms with Gasteiger partial charge in [-0.3, -0.25) is 4.79 Å². The van der Waals surface area contributed by atoms with Gasteiger partial charge in [-0.2, -0.15) is 0 Å². The number of fused-ring (bicyclic) bond motifs is 1. The van der Waals surface area contributed by atoms with Crippen LogP contribution in [0.25, 0.3) is 22.1 Å². The summed E-state index contributed by atoms with van der Waals surface area (Å²) in [5, 5.41) is 6.60. The lowest BCUT2D eigenvalue weighted by atomic mass is 9.99. The number of furan rings is 1. The zero-order valence-electron chi connectivity index (χ0n) is 28.5. The van der Waals surface area contributed by atoms with Crippen LogP contribution >= 0.6 is 0 Å². The third-order valence-corrected chi connectivity index (χ3v) is 8.10. The van der Waals surface area contributed by atoms with E-state index in [0.29, 0.717) is 23.4 Å². The number of alkyl carbamates (subject to hydrolysis) is 1. The Hall–Kier alpha value is -5.83. The van der Waals surface area contributed by atoms with Crippen LogP contribution in [0.5, 0.6) is 5.75 Å². The summed E-state index contributed by atoms with van der Waals surface area (Å²) in [5.74, 6) is -0.540. The quantitative estimate of drug-likeness (QED) is 0.129. The smallest absolute Gasteiger partial charge is 0.407 e. The Bertz CT molecular complexity index is 2040. The van der Waals surface area contributed by atoms with Gasteiger partial charge in [0.15, 0.2) is 6.04 Å². The number of carbonyl (C=O) groups excluding carboxylic acids is 3. The molecule has 50 heavy (non-hydrogen) atoms. The first-order valence-corrected chi connectivity index (χ1v) is 16.6. The molecule has 1 heterocycles. The molecule has 1 aliphatic carbocycles. The molecule has 6 rings (SSSR count). The molecule has 0 radical (unpaired) electrons. The molecule has 0 spiro atoms. The van der Waals surface area contributed by atoms with Crippen LogP contribution in [0.2, 0.25) is 0 Å². The number of esters is 1. The second-order valence-electron chi connectivity index (χ2n) is 13.0. The predicted molar refractivity (Wildman–Crippen MR) is 190 cm³/mol. The van der Waals surface area contributed by atoms with E-state index in [0.717, 1.165) is 38.8 Å². The molecule has 0 saturated carbocycles. The van der Waals surface area contributed by atoms with Gasteiger partial charge in [0, 0.05) is 34.5 Å². The van der Waals surface area contributed by atoms with Crippen LogP contribution in [0.1, 0.15) is 61.9 Å². The van der Waals surface area contributed by atoms with E-state index < -0.39 is 23.7 Å². The lowest BCUT2D eigenvalue weighted by Gasteiger charge is -2.20. The highest BCUT2D eigenvalue weighted by Gasteiger charge is 2.36. The van der Waals surface area contributed by atoms with E-state index in [1.165, 1.54) is 0 Å². The van der Waals surface area contributed by atoms with Crippen molar-refractivity contribution in [3.8, 4) is 16.9 Å². The van der Waals surface area contributed by atoms with Crippen molar-refractivity contribution in [3.05, 3.63) is 137 Å². The van der Waals surface area contributed by atoms with Gasteiger partial charge in [0.2, 0.25) is 5.91 Å². The van der Waals surface area contributed by atoms with E-state index >= 15 is 0 Å². The Morgan fingerprint density at radius 2 is 1.66 bits per heavy atom. The van der Waals surface area contributed by atoms with Crippen molar-refractivity contribution in [3.63, 3.8) is 0 Å². The number of hydrogen-bond acceptors (Lipinski definition) is 7. The topological polar surface area (TPSA) is 116 Å². The summed E-state index contributed by atoms with van der Waals surface area (Å²) in [7, 11) is 0. The van der Waals surface area contributed by atoms with Gasteiger partial charge in [-0.05, 0) is 80.3 Å². The van der Waals surface area contributed by atoms with Crippen molar-refractivity contribution >= 4 is 28.9 Å². The number of amides is 2. The van der Waals surface area contributed by atoms with Crippen LogP contribution in [0, 0.1) is 0 Å². The molecule has 1 unspecified atom stereocenters. The normalized spacial score (nSPS) is 14.3. The van der Waals surface area contributed by atoms with E-state index in [9.17, 15) is 14.4 Å². The molecule has 1 aliphatic rings. The summed E-state index contributed by atoms with van der Waals surface area (Å²) < 4.78 is 23.0. The number of rotatable bonds is 12. The molecule has 2 N–H and O–H groups in total. The minimum Gasteiger partial charge on any atom is -0.489 e. The largest absolute Gasteiger partial charge is 0.489 e. The molecule has 0 saturated heterocycles. The zero-order chi connectivity index (χ0) is 35.3. The van der Waals surface area contributed by atoms with Crippen molar-refractivity contribution < 1.29 is 33.0 Å². The maximum atomic E-state index is 13.3. The fourth-order valence-corrected chi connectivity index (χ4v) is 5.78. The van der Waals surface area contributed by atoms with E-state index in [2.05, 4.69) is 10.6 Å². The van der Waals surface area contributed by atoms with Crippen LogP contribution in [0.3, 0.4) is 0 Å². The number of benzene rings is 4. The lowest BCUT2D eigenvalue weighted by molar-refractivity contribution is -0.147. The molecule has 0 bridgehead atoms. The summed E-state index contributed by atoms with van der Waals surface area (Å²) in [6.45, 7) is 7.83. The number of allylic oxidation sites excluding steroid dienone is 1. The van der Waals surface area contributed by atoms with Gasteiger partial charge in [-0.1, -0.05) is 72.8 Å². The summed E-state index contributed by atoms with van der Waals surface area (Å²) in [4.78, 5) is 38.8. The van der Waals surface area contributed by atoms with Gasteiger partial charge < -0.3 is 29.3 Å². The molecular formula is C41H40N2O7. The third-order valence-electron chi connectivity index (χ3n) is 8.10. The molecule has 0 fully saturated rings. The number of para-hydroxylation sites is 1. The van der Waals surface area contributed by atoms with Crippen LogP contribution < -0.4 is 15.4 Å². The lowest BCUT2D eigenvalue weighted by Crippen LogP contribution is -2.35. The molecule has 2 atom stereocenters. The maximum Gasteiger partial charge on any atom is 0.407 e. The van der Waals surface area contributed by atoms with Crippen molar-refractivity contribution in [2.75, 3.05) is 6.61 Å². The highest BCUT2D eigenvalue weighted by Crippen LogP contribution is 2.40. The SMILES string of the molecule is CCOC(=O)C(NC(=O)C1=C[C@H]1c1ccccc1)c1ccccc1OCc1cc(-c2cccc(CNC(=O)OC(C)(C)C)c2)c2occc2c1. The number of ether oxygens (including phenoxy) is 3. The van der Waals surface area contributed by atoms with Crippen molar-refractivity contribution in [2.24, 2.45) is 0 Å². The van der Waals surface area contributed by atoms with E-state index in [-0.39, 0.29) is 25.0 Å². The molecule has 1 aromatic heterocycles. The van der Waals surface area contributed by atoms with E-state index in [1.54, 1.807) is 31.4 Å². The zero-order valence-corrected chi connectivity index (χ0v) is 28.5. The summed E-state index contributed by atoms with van der Waals surface area (Å²) in [5.41, 5.74) is 5.78. The van der Waals surface area contributed by atoms with Gasteiger partial charge in [0.1, 0.15) is 23.5 Å². The van der Waals surface area contributed by atoms with Gasteiger partial charge in [-0.25, -0.2) is 9.59 Å². The fourth-order valence-electron chi connectivity index (χ4n) is 5.78. The van der Waals surface area contributed by atoms with Crippen molar-refractivity contribution in [1.29, 1.82) is 0 Å². The average molecular weight is 673 g/mol. The first-order valence-electron chi connectivity index (χ1n) is 16.6. The molecule has 5 aromatic rings. The average Bonchev–Trinajstić information content (AvgIpc) is 3.77. The van der Waals surface area contributed by atoms with E-state index in [1.807, 2.05) is 106 Å². The van der Waals surface area contributed by atoms with Crippen LogP contribution in [0.4, 0.5) is 4.79 Å².